The summed E-state index contributed by atoms with van der Waals surface area (Å²) in [4.78, 5) is 2.15. The second kappa shape index (κ2) is 6.82. The van der Waals surface area contributed by atoms with E-state index < -0.39 is 11.7 Å². The third-order valence-corrected chi connectivity index (χ3v) is 6.74. The number of hydrogen-bond acceptors (Lipinski definition) is 3. The smallest absolute Gasteiger partial charge is 0.370 e. The molecule has 9 heteroatoms. The van der Waals surface area contributed by atoms with Crippen LogP contribution in [0.3, 0.4) is 0 Å². The molecule has 0 radical (unpaired) electrons. The Labute approximate surface area is 181 Å². The number of H-pyrrole nitrogens is 1. The highest BCUT2D eigenvalue weighted by Crippen LogP contribution is 2.52. The Bertz CT molecular complexity index is 1110. The van der Waals surface area contributed by atoms with Crippen LogP contribution in [0.15, 0.2) is 42.6 Å². The van der Waals surface area contributed by atoms with Crippen molar-refractivity contribution >= 4 is 34.7 Å². The van der Waals surface area contributed by atoms with Gasteiger partial charge in [-0.25, -0.2) is 0 Å². The zero-order valence-corrected chi connectivity index (χ0v) is 17.2. The molecule has 4 nitrogen and oxygen atoms in total. The van der Waals surface area contributed by atoms with Crippen molar-refractivity contribution in [2.45, 2.75) is 24.6 Å². The molecule has 1 atom stereocenters. The Morgan fingerprint density at radius 2 is 1.80 bits per heavy atom. The van der Waals surface area contributed by atoms with E-state index in [1.54, 1.807) is 0 Å². The summed E-state index contributed by atoms with van der Waals surface area (Å²) in [5.41, 5.74) is 2.89. The van der Waals surface area contributed by atoms with E-state index in [9.17, 15) is 13.2 Å². The number of anilines is 2. The molecular formula is C21H17Cl2F3N4. The molecule has 2 N–H and O–H groups in total. The second-order valence-corrected chi connectivity index (χ2v) is 8.57. The molecule has 0 aliphatic carbocycles. The van der Waals surface area contributed by atoms with Gasteiger partial charge in [-0.2, -0.15) is 18.3 Å². The van der Waals surface area contributed by atoms with Crippen molar-refractivity contribution in [2.75, 3.05) is 23.3 Å². The number of nitrogens with zero attached hydrogens (tertiary/aromatic N) is 2. The Morgan fingerprint density at radius 3 is 2.53 bits per heavy atom. The quantitative estimate of drug-likeness (QED) is 0.511. The van der Waals surface area contributed by atoms with Crippen LogP contribution in [0.2, 0.25) is 10.0 Å². The predicted molar refractivity (Wildman–Crippen MR) is 111 cm³/mol. The number of halogens is 5. The average Bonchev–Trinajstić information content (AvgIpc) is 3.28. The summed E-state index contributed by atoms with van der Waals surface area (Å²) in [6, 6.07) is 9.05. The molecule has 3 aromatic rings. The van der Waals surface area contributed by atoms with Crippen LogP contribution < -0.4 is 10.2 Å². The summed E-state index contributed by atoms with van der Waals surface area (Å²) in [5.74, 6) is 0.884. The van der Waals surface area contributed by atoms with Crippen LogP contribution in [0.5, 0.6) is 0 Å². The van der Waals surface area contributed by atoms with E-state index in [0.717, 1.165) is 53.3 Å². The summed E-state index contributed by atoms with van der Waals surface area (Å²) in [6.07, 6.45) is -1.68. The van der Waals surface area contributed by atoms with Crippen molar-refractivity contribution in [3.05, 3.63) is 74.9 Å². The zero-order chi connectivity index (χ0) is 21.1. The standard InChI is InChI=1S/C21H17Cl2F3N4/c22-16-7-14-18(8-17(16)23)30(10-12-1-3-13(4-2-12)21(24,25)26)11-20(14)5-6-27-19-15(20)9-28-29-19/h1-4,7-9H,5-6,10-11H2,(H2,27,28,29)/t20-/m1/s1. The van der Waals surface area contributed by atoms with Crippen LogP contribution in [0.1, 0.15) is 28.7 Å². The third kappa shape index (κ3) is 3.03. The fourth-order valence-electron chi connectivity index (χ4n) is 4.60. The first kappa shape index (κ1) is 19.6. The van der Waals surface area contributed by atoms with E-state index >= 15 is 0 Å². The van der Waals surface area contributed by atoms with Crippen molar-refractivity contribution in [3.8, 4) is 0 Å². The summed E-state index contributed by atoms with van der Waals surface area (Å²) in [6.45, 7) is 1.89. The molecule has 0 unspecified atom stereocenters. The van der Waals surface area contributed by atoms with E-state index in [0.29, 0.717) is 23.1 Å². The van der Waals surface area contributed by atoms with Gasteiger partial charge in [0.15, 0.2) is 0 Å². The van der Waals surface area contributed by atoms with Gasteiger partial charge in [0.2, 0.25) is 0 Å². The van der Waals surface area contributed by atoms with Crippen LogP contribution in [-0.4, -0.2) is 23.3 Å². The molecule has 0 bridgehead atoms. The molecule has 0 saturated heterocycles. The molecule has 2 aliphatic heterocycles. The van der Waals surface area contributed by atoms with Gasteiger partial charge >= 0.3 is 6.18 Å². The molecule has 2 aromatic carbocycles. The minimum absolute atomic E-state index is 0.316. The van der Waals surface area contributed by atoms with Crippen LogP contribution in [0, 0.1) is 0 Å². The molecule has 156 valence electrons. The van der Waals surface area contributed by atoms with Crippen LogP contribution in [0.25, 0.3) is 0 Å². The molecule has 1 aromatic heterocycles. The molecule has 3 heterocycles. The molecule has 0 saturated carbocycles. The highest BCUT2D eigenvalue weighted by atomic mass is 35.5. The number of fused-ring (bicyclic) bond motifs is 4. The van der Waals surface area contributed by atoms with E-state index in [1.165, 1.54) is 12.1 Å². The Hall–Kier alpha value is -2.38. The molecule has 5 rings (SSSR count). The van der Waals surface area contributed by atoms with Gasteiger partial charge in [-0.15, -0.1) is 0 Å². The van der Waals surface area contributed by atoms with Gasteiger partial charge in [-0.1, -0.05) is 35.3 Å². The number of nitrogens with one attached hydrogen (secondary N) is 2. The number of alkyl halides is 3. The molecule has 0 fully saturated rings. The van der Waals surface area contributed by atoms with Gasteiger partial charge in [0.05, 0.1) is 21.8 Å². The Morgan fingerprint density at radius 1 is 1.07 bits per heavy atom. The molecular weight excluding hydrogens is 436 g/mol. The number of aromatic nitrogens is 2. The van der Waals surface area contributed by atoms with Crippen molar-refractivity contribution in [2.24, 2.45) is 0 Å². The highest BCUT2D eigenvalue weighted by molar-refractivity contribution is 6.42. The average molecular weight is 453 g/mol. The minimum atomic E-state index is -4.35. The zero-order valence-electron chi connectivity index (χ0n) is 15.7. The lowest BCUT2D eigenvalue weighted by Gasteiger charge is -2.35. The first-order valence-corrected chi connectivity index (χ1v) is 10.2. The fourth-order valence-corrected chi connectivity index (χ4v) is 4.92. The summed E-state index contributed by atoms with van der Waals surface area (Å²) >= 11 is 12.7. The number of hydrogen-bond donors (Lipinski definition) is 2. The van der Waals surface area contributed by atoms with Gasteiger partial charge in [-0.3, -0.25) is 5.10 Å². The van der Waals surface area contributed by atoms with Crippen LogP contribution >= 0.6 is 23.2 Å². The summed E-state index contributed by atoms with van der Waals surface area (Å²) in [5, 5.41) is 11.5. The Kier molecular flexibility index (Phi) is 4.45. The number of rotatable bonds is 2. The predicted octanol–water partition coefficient (Wildman–Crippen LogP) is 5.86. The molecule has 2 aliphatic rings. The van der Waals surface area contributed by atoms with Gasteiger partial charge in [0.25, 0.3) is 0 Å². The topological polar surface area (TPSA) is 44.0 Å². The van der Waals surface area contributed by atoms with Gasteiger partial charge in [-0.05, 0) is 41.8 Å². The molecule has 0 amide bonds. The maximum absolute atomic E-state index is 12.9. The van der Waals surface area contributed by atoms with Crippen molar-refractivity contribution < 1.29 is 13.2 Å². The van der Waals surface area contributed by atoms with E-state index in [2.05, 4.69) is 20.4 Å². The lowest BCUT2D eigenvalue weighted by Crippen LogP contribution is -2.39. The van der Waals surface area contributed by atoms with Crippen molar-refractivity contribution in [1.82, 2.24) is 10.2 Å². The van der Waals surface area contributed by atoms with Gasteiger partial charge < -0.3 is 10.2 Å². The maximum Gasteiger partial charge on any atom is 0.416 e. The van der Waals surface area contributed by atoms with Crippen LogP contribution in [0.4, 0.5) is 24.7 Å². The largest absolute Gasteiger partial charge is 0.416 e. The monoisotopic (exact) mass is 452 g/mol. The summed E-state index contributed by atoms with van der Waals surface area (Å²) < 4.78 is 38.7. The first-order valence-electron chi connectivity index (χ1n) is 9.46. The van der Waals surface area contributed by atoms with E-state index in [1.807, 2.05) is 18.3 Å². The maximum atomic E-state index is 12.9. The van der Waals surface area contributed by atoms with Gasteiger partial charge in [0, 0.05) is 36.3 Å². The van der Waals surface area contributed by atoms with Crippen molar-refractivity contribution in [1.29, 1.82) is 0 Å². The minimum Gasteiger partial charge on any atom is -0.370 e. The lowest BCUT2D eigenvalue weighted by atomic mass is 9.73. The number of benzene rings is 2. The normalized spacial score (nSPS) is 20.2. The van der Waals surface area contributed by atoms with Crippen molar-refractivity contribution in [3.63, 3.8) is 0 Å². The van der Waals surface area contributed by atoms with Gasteiger partial charge in [0.1, 0.15) is 5.82 Å². The van der Waals surface area contributed by atoms with Crippen LogP contribution in [-0.2, 0) is 18.1 Å². The Balaban J connectivity index is 1.55. The van der Waals surface area contributed by atoms with E-state index in [-0.39, 0.29) is 5.41 Å². The molecule has 1 spiro atoms. The fraction of sp³-hybridized carbons (Fsp3) is 0.286. The second-order valence-electron chi connectivity index (χ2n) is 7.75. The summed E-state index contributed by atoms with van der Waals surface area (Å²) in [7, 11) is 0. The highest BCUT2D eigenvalue weighted by Gasteiger charge is 2.47. The lowest BCUT2D eigenvalue weighted by molar-refractivity contribution is -0.137. The SMILES string of the molecule is FC(F)(F)c1ccc(CN2C[C@]3(CCNc4[nH]ncc43)c3cc(Cl)c(Cl)cc32)cc1. The first-order chi connectivity index (χ1) is 14.3. The molecule has 30 heavy (non-hydrogen) atoms. The third-order valence-electron chi connectivity index (χ3n) is 6.02. The van der Waals surface area contributed by atoms with E-state index in [4.69, 9.17) is 23.2 Å². The number of aromatic amines is 1.